The van der Waals surface area contributed by atoms with Gasteiger partial charge in [-0.1, -0.05) is 12.1 Å². The van der Waals surface area contributed by atoms with Crippen LogP contribution in [0.5, 0.6) is 0 Å². The summed E-state index contributed by atoms with van der Waals surface area (Å²) in [6, 6.07) is 2.76. The van der Waals surface area contributed by atoms with E-state index < -0.39 is 64.7 Å². The summed E-state index contributed by atoms with van der Waals surface area (Å²) < 4.78 is 132. The van der Waals surface area contributed by atoms with E-state index in [2.05, 4.69) is 0 Å². The largest absolute Gasteiger partial charge is 0.495 e. The highest BCUT2D eigenvalue weighted by molar-refractivity contribution is 6.63. The second-order valence-electron chi connectivity index (χ2n) is 8.68. The third-order valence-electron chi connectivity index (χ3n) is 5.79. The Kier molecular flexibility index (Phi) is 5.90. The van der Waals surface area contributed by atoms with Crippen LogP contribution in [0.4, 0.5) is 39.5 Å². The van der Waals surface area contributed by atoms with Crippen molar-refractivity contribution >= 4 is 12.6 Å². The van der Waals surface area contributed by atoms with Gasteiger partial charge >= 0.3 is 25.6 Å². The van der Waals surface area contributed by atoms with Gasteiger partial charge in [-0.3, -0.25) is 0 Å². The quantitative estimate of drug-likeness (QED) is 0.349. The summed E-state index contributed by atoms with van der Waals surface area (Å²) in [4.78, 5) is 0. The minimum absolute atomic E-state index is 0.0917. The van der Waals surface area contributed by atoms with Crippen LogP contribution in [0.3, 0.4) is 0 Å². The molecule has 1 saturated heterocycles. The van der Waals surface area contributed by atoms with Crippen LogP contribution >= 0.6 is 0 Å². The summed E-state index contributed by atoms with van der Waals surface area (Å²) in [5.41, 5.74) is -7.80. The van der Waals surface area contributed by atoms with E-state index >= 15 is 0 Å². The van der Waals surface area contributed by atoms with Crippen molar-refractivity contribution in [2.75, 3.05) is 0 Å². The van der Waals surface area contributed by atoms with Crippen molar-refractivity contribution in [1.82, 2.24) is 0 Å². The average Bonchev–Trinajstić information content (AvgIpc) is 2.86. The Balaban J connectivity index is 2.29. The summed E-state index contributed by atoms with van der Waals surface area (Å²) in [5, 5.41) is 0. The molecular weight excluding hydrogens is 466 g/mol. The van der Waals surface area contributed by atoms with Gasteiger partial charge < -0.3 is 9.31 Å². The monoisotopic (exact) mass is 484 g/mol. The zero-order valence-electron chi connectivity index (χ0n) is 17.8. The van der Waals surface area contributed by atoms with Crippen molar-refractivity contribution in [2.45, 2.75) is 57.4 Å². The zero-order chi connectivity index (χ0) is 25.2. The average molecular weight is 484 g/mol. The van der Waals surface area contributed by atoms with E-state index in [-0.39, 0.29) is 11.5 Å². The Bertz CT molecular complexity index is 1000. The normalized spacial score (nSPS) is 18.6. The molecular formula is C21H18BF9O2. The lowest BCUT2D eigenvalue weighted by Gasteiger charge is -2.32. The Morgan fingerprint density at radius 3 is 1.42 bits per heavy atom. The Morgan fingerprint density at radius 2 is 1.03 bits per heavy atom. The highest BCUT2D eigenvalue weighted by atomic mass is 19.4. The molecule has 0 spiro atoms. The molecule has 1 fully saturated rings. The molecule has 0 atom stereocenters. The third-order valence-corrected chi connectivity index (χ3v) is 5.79. The van der Waals surface area contributed by atoms with Crippen LogP contribution in [0.15, 0.2) is 36.4 Å². The van der Waals surface area contributed by atoms with Gasteiger partial charge in [0.2, 0.25) is 0 Å². The highest BCUT2D eigenvalue weighted by Crippen LogP contribution is 2.41. The number of benzene rings is 2. The van der Waals surface area contributed by atoms with E-state index in [0.717, 1.165) is 6.07 Å². The van der Waals surface area contributed by atoms with Crippen molar-refractivity contribution in [2.24, 2.45) is 0 Å². The predicted molar refractivity (Wildman–Crippen MR) is 103 cm³/mol. The van der Waals surface area contributed by atoms with Crippen LogP contribution in [0, 0.1) is 0 Å². The van der Waals surface area contributed by atoms with Crippen molar-refractivity contribution < 1.29 is 48.8 Å². The van der Waals surface area contributed by atoms with Gasteiger partial charge in [0.1, 0.15) is 0 Å². The summed E-state index contributed by atoms with van der Waals surface area (Å²) in [5.74, 6) is 0. The van der Waals surface area contributed by atoms with Gasteiger partial charge in [0.25, 0.3) is 0 Å². The molecule has 0 aromatic heterocycles. The maximum atomic E-state index is 13.4. The SMILES string of the molecule is CC1(C)OB(c2ccc(C(F)(F)F)cc2-c2cc(C(F)(F)F)cc(C(F)(F)F)c2)OC1(C)C. The molecule has 0 unspecified atom stereocenters. The van der Waals surface area contributed by atoms with E-state index in [0.29, 0.717) is 24.3 Å². The van der Waals surface area contributed by atoms with Crippen LogP contribution in [0.25, 0.3) is 11.1 Å². The molecule has 0 bridgehead atoms. The Morgan fingerprint density at radius 1 is 0.606 bits per heavy atom. The minimum Gasteiger partial charge on any atom is -0.399 e. The minimum atomic E-state index is -5.16. The second-order valence-corrected chi connectivity index (χ2v) is 8.68. The first-order chi connectivity index (χ1) is 14.7. The van der Waals surface area contributed by atoms with E-state index in [1.165, 1.54) is 0 Å². The van der Waals surface area contributed by atoms with E-state index in [1.54, 1.807) is 27.7 Å². The van der Waals surface area contributed by atoms with E-state index in [4.69, 9.17) is 9.31 Å². The summed E-state index contributed by atoms with van der Waals surface area (Å²) in [7, 11) is -1.32. The summed E-state index contributed by atoms with van der Waals surface area (Å²) in [6.45, 7) is 6.57. The van der Waals surface area contributed by atoms with E-state index in [1.807, 2.05) is 0 Å². The van der Waals surface area contributed by atoms with Crippen molar-refractivity contribution in [3.05, 3.63) is 53.1 Å². The predicted octanol–water partition coefficient (Wildman–Crippen LogP) is 6.71. The van der Waals surface area contributed by atoms with E-state index in [9.17, 15) is 39.5 Å². The van der Waals surface area contributed by atoms with Crippen molar-refractivity contribution in [3.8, 4) is 11.1 Å². The van der Waals surface area contributed by atoms with Gasteiger partial charge in [-0.05, 0) is 68.6 Å². The van der Waals surface area contributed by atoms with Crippen LogP contribution < -0.4 is 5.46 Å². The molecule has 33 heavy (non-hydrogen) atoms. The van der Waals surface area contributed by atoms with Crippen molar-refractivity contribution in [1.29, 1.82) is 0 Å². The second kappa shape index (κ2) is 7.66. The molecule has 3 rings (SSSR count). The fourth-order valence-corrected chi connectivity index (χ4v) is 3.27. The van der Waals surface area contributed by atoms with Gasteiger partial charge in [0.15, 0.2) is 0 Å². The summed E-state index contributed by atoms with van der Waals surface area (Å²) in [6.07, 6.45) is -15.2. The van der Waals surface area contributed by atoms with Gasteiger partial charge in [-0.25, -0.2) is 0 Å². The van der Waals surface area contributed by atoms with Gasteiger partial charge in [0.05, 0.1) is 27.9 Å². The number of hydrogen-bond donors (Lipinski definition) is 0. The maximum absolute atomic E-state index is 13.4. The maximum Gasteiger partial charge on any atom is 0.495 e. The topological polar surface area (TPSA) is 18.5 Å². The van der Waals surface area contributed by atoms with Gasteiger partial charge in [-0.2, -0.15) is 39.5 Å². The first-order valence-corrected chi connectivity index (χ1v) is 9.59. The molecule has 0 saturated carbocycles. The zero-order valence-corrected chi connectivity index (χ0v) is 17.8. The number of rotatable bonds is 2. The molecule has 12 heteroatoms. The lowest BCUT2D eigenvalue weighted by atomic mass is 9.73. The fraction of sp³-hybridized carbons (Fsp3) is 0.429. The Labute approximate surface area is 183 Å². The van der Waals surface area contributed by atoms with Gasteiger partial charge in [-0.15, -0.1) is 0 Å². The molecule has 180 valence electrons. The summed E-state index contributed by atoms with van der Waals surface area (Å²) >= 11 is 0. The van der Waals surface area contributed by atoms with Gasteiger partial charge in [0, 0.05) is 0 Å². The van der Waals surface area contributed by atoms with Crippen LogP contribution in [-0.2, 0) is 27.8 Å². The third kappa shape index (κ3) is 5.01. The lowest BCUT2D eigenvalue weighted by Crippen LogP contribution is -2.41. The molecule has 0 amide bonds. The fourth-order valence-electron chi connectivity index (χ4n) is 3.27. The molecule has 2 nitrogen and oxygen atoms in total. The first kappa shape index (κ1) is 25.4. The molecule has 0 N–H and O–H groups in total. The number of hydrogen-bond acceptors (Lipinski definition) is 2. The molecule has 2 aromatic carbocycles. The van der Waals surface area contributed by atoms with Crippen LogP contribution in [0.2, 0.25) is 0 Å². The highest BCUT2D eigenvalue weighted by Gasteiger charge is 2.52. The molecule has 1 heterocycles. The van der Waals surface area contributed by atoms with Crippen molar-refractivity contribution in [3.63, 3.8) is 0 Å². The Hall–Kier alpha value is -2.21. The molecule has 2 aromatic rings. The molecule has 1 aliphatic rings. The molecule has 0 radical (unpaired) electrons. The number of alkyl halides is 9. The number of halogens is 9. The standard InChI is InChI=1S/C21H18BF9O2/c1-17(2)18(3,4)33-22(32-17)16-6-5-12(19(23,24)25)10-15(16)11-7-13(20(26,27)28)9-14(8-11)21(29,30)31/h5-10H,1-4H3. The van der Waals surface area contributed by atoms with Crippen LogP contribution in [0.1, 0.15) is 44.4 Å². The van der Waals surface area contributed by atoms with Crippen LogP contribution in [-0.4, -0.2) is 18.3 Å². The molecule has 0 aliphatic carbocycles. The smallest absolute Gasteiger partial charge is 0.399 e. The first-order valence-electron chi connectivity index (χ1n) is 9.59. The molecule has 1 aliphatic heterocycles. The lowest BCUT2D eigenvalue weighted by molar-refractivity contribution is -0.143.